The van der Waals surface area contributed by atoms with Crippen molar-refractivity contribution in [2.24, 2.45) is 0 Å². The minimum atomic E-state index is -0.439. The van der Waals surface area contributed by atoms with Gasteiger partial charge in [-0.3, -0.25) is 4.98 Å². The van der Waals surface area contributed by atoms with Gasteiger partial charge in [0, 0.05) is 11.8 Å². The van der Waals surface area contributed by atoms with Crippen molar-refractivity contribution in [2.45, 2.75) is 0 Å². The lowest BCUT2D eigenvalue weighted by molar-refractivity contribution is 0.0600. The number of rotatable bonds is 2. The molecule has 0 atom stereocenters. The Bertz CT molecular complexity index is 603. The van der Waals surface area contributed by atoms with Crippen molar-refractivity contribution in [1.29, 1.82) is 0 Å². The number of methoxy groups -OCH3 is 1. The van der Waals surface area contributed by atoms with E-state index in [1.54, 1.807) is 24.3 Å². The Morgan fingerprint density at radius 3 is 2.26 bits per heavy atom. The summed E-state index contributed by atoms with van der Waals surface area (Å²) >= 11 is 17.8. The second kappa shape index (κ2) is 5.78. The second-order valence-electron chi connectivity index (χ2n) is 3.68. The first-order valence-corrected chi connectivity index (χ1v) is 6.35. The Hall–Kier alpha value is -1.29. The third-order valence-corrected chi connectivity index (χ3v) is 3.66. The van der Waals surface area contributed by atoms with Gasteiger partial charge in [-0.15, -0.1) is 0 Å². The van der Waals surface area contributed by atoms with E-state index < -0.39 is 5.97 Å². The van der Waals surface area contributed by atoms with Crippen molar-refractivity contribution >= 4 is 40.8 Å². The molecule has 0 fully saturated rings. The fourth-order valence-electron chi connectivity index (χ4n) is 1.51. The first-order valence-electron chi connectivity index (χ1n) is 5.22. The molecule has 2 rings (SSSR count). The largest absolute Gasteiger partial charge is 0.465 e. The summed E-state index contributed by atoms with van der Waals surface area (Å²) in [6, 6.07) is 6.62. The van der Waals surface area contributed by atoms with Gasteiger partial charge in [0.05, 0.1) is 33.4 Å². The maximum Gasteiger partial charge on any atom is 0.339 e. The molecule has 0 aliphatic rings. The Morgan fingerprint density at radius 1 is 1.16 bits per heavy atom. The lowest BCUT2D eigenvalue weighted by Gasteiger charge is -2.05. The van der Waals surface area contributed by atoms with Crippen LogP contribution in [0.2, 0.25) is 15.1 Å². The zero-order valence-corrected chi connectivity index (χ0v) is 12.1. The summed E-state index contributed by atoms with van der Waals surface area (Å²) in [5, 5.41) is 1.00. The van der Waals surface area contributed by atoms with Gasteiger partial charge >= 0.3 is 5.97 Å². The van der Waals surface area contributed by atoms with Gasteiger partial charge in [-0.1, -0.05) is 34.8 Å². The minimum absolute atomic E-state index is 0.304. The summed E-state index contributed by atoms with van der Waals surface area (Å²) in [5.74, 6) is -0.439. The first-order chi connectivity index (χ1) is 9.02. The molecular formula is C13H8Cl3NO2. The van der Waals surface area contributed by atoms with E-state index in [1.165, 1.54) is 13.3 Å². The number of aromatic nitrogens is 1. The van der Waals surface area contributed by atoms with Crippen LogP contribution in [0.5, 0.6) is 0 Å². The zero-order chi connectivity index (χ0) is 14.0. The first kappa shape index (κ1) is 14.1. The topological polar surface area (TPSA) is 39.2 Å². The lowest BCUT2D eigenvalue weighted by Crippen LogP contribution is -2.01. The summed E-state index contributed by atoms with van der Waals surface area (Å²) in [4.78, 5) is 15.5. The Kier molecular flexibility index (Phi) is 4.30. The van der Waals surface area contributed by atoms with Gasteiger partial charge in [-0.2, -0.15) is 0 Å². The fourth-order valence-corrected chi connectivity index (χ4v) is 2.10. The summed E-state index contributed by atoms with van der Waals surface area (Å²) in [7, 11) is 1.31. The SMILES string of the molecule is COC(=O)c1ccc(-c2cc(Cl)c(Cl)c(Cl)c2)nc1. The van der Waals surface area contributed by atoms with E-state index in [0.29, 0.717) is 26.3 Å². The Morgan fingerprint density at radius 2 is 1.79 bits per heavy atom. The molecule has 0 radical (unpaired) electrons. The number of halogens is 3. The molecule has 1 aromatic heterocycles. The van der Waals surface area contributed by atoms with E-state index in [0.717, 1.165) is 5.56 Å². The quantitative estimate of drug-likeness (QED) is 0.605. The van der Waals surface area contributed by atoms with Crippen LogP contribution in [0.1, 0.15) is 10.4 Å². The number of benzene rings is 1. The zero-order valence-electron chi connectivity index (χ0n) is 9.78. The highest BCUT2D eigenvalue weighted by molar-refractivity contribution is 6.48. The molecule has 0 N–H and O–H groups in total. The maximum atomic E-state index is 11.3. The summed E-state index contributed by atoms with van der Waals surface area (Å²) in [6.45, 7) is 0. The van der Waals surface area contributed by atoms with Crippen molar-refractivity contribution in [3.63, 3.8) is 0 Å². The number of carbonyl (C=O) groups is 1. The highest BCUT2D eigenvalue weighted by Crippen LogP contribution is 2.34. The van der Waals surface area contributed by atoms with Gasteiger partial charge in [-0.05, 0) is 24.3 Å². The van der Waals surface area contributed by atoms with Gasteiger partial charge in [0.1, 0.15) is 0 Å². The highest BCUT2D eigenvalue weighted by Gasteiger charge is 2.10. The molecule has 0 aliphatic heterocycles. The molecule has 98 valence electrons. The van der Waals surface area contributed by atoms with Crippen molar-refractivity contribution < 1.29 is 9.53 Å². The van der Waals surface area contributed by atoms with Crippen LogP contribution in [0, 0.1) is 0 Å². The number of nitrogens with zero attached hydrogens (tertiary/aromatic N) is 1. The number of hydrogen-bond donors (Lipinski definition) is 0. The van der Waals surface area contributed by atoms with E-state index in [-0.39, 0.29) is 0 Å². The van der Waals surface area contributed by atoms with Crippen LogP contribution in [0.3, 0.4) is 0 Å². The molecule has 19 heavy (non-hydrogen) atoms. The third kappa shape index (κ3) is 3.00. The normalized spacial score (nSPS) is 10.3. The van der Waals surface area contributed by atoms with Crippen LogP contribution >= 0.6 is 34.8 Å². The Balaban J connectivity index is 2.40. The van der Waals surface area contributed by atoms with Crippen LogP contribution in [0.25, 0.3) is 11.3 Å². The highest BCUT2D eigenvalue weighted by atomic mass is 35.5. The van der Waals surface area contributed by atoms with Crippen LogP contribution in [-0.2, 0) is 4.74 Å². The van der Waals surface area contributed by atoms with Crippen LogP contribution in [-0.4, -0.2) is 18.1 Å². The monoisotopic (exact) mass is 315 g/mol. The number of pyridine rings is 1. The minimum Gasteiger partial charge on any atom is -0.465 e. The summed E-state index contributed by atoms with van der Waals surface area (Å²) in [6.07, 6.45) is 1.43. The predicted molar refractivity (Wildman–Crippen MR) is 76.0 cm³/mol. The van der Waals surface area contributed by atoms with Crippen molar-refractivity contribution in [1.82, 2.24) is 4.98 Å². The molecule has 0 bridgehead atoms. The number of ether oxygens (including phenoxy) is 1. The van der Waals surface area contributed by atoms with E-state index in [9.17, 15) is 4.79 Å². The average Bonchev–Trinajstić information content (AvgIpc) is 2.43. The molecule has 1 heterocycles. The van der Waals surface area contributed by atoms with Crippen LogP contribution in [0.4, 0.5) is 0 Å². The van der Waals surface area contributed by atoms with Crippen molar-refractivity contribution in [2.75, 3.05) is 7.11 Å². The molecule has 6 heteroatoms. The van der Waals surface area contributed by atoms with Crippen LogP contribution < -0.4 is 0 Å². The molecule has 1 aromatic carbocycles. The molecule has 0 amide bonds. The molecule has 3 nitrogen and oxygen atoms in total. The molecular weight excluding hydrogens is 309 g/mol. The smallest absolute Gasteiger partial charge is 0.339 e. The maximum absolute atomic E-state index is 11.3. The van der Waals surface area contributed by atoms with Gasteiger partial charge in [0.15, 0.2) is 0 Å². The molecule has 0 aliphatic carbocycles. The van der Waals surface area contributed by atoms with Gasteiger partial charge in [-0.25, -0.2) is 4.79 Å². The standard InChI is InChI=1S/C13H8Cl3NO2/c1-19-13(18)7-2-3-11(17-6-7)8-4-9(14)12(16)10(15)5-8/h2-6H,1H3. The number of carbonyl (C=O) groups excluding carboxylic acids is 1. The van der Waals surface area contributed by atoms with Crippen LogP contribution in [0.15, 0.2) is 30.5 Å². The van der Waals surface area contributed by atoms with Gasteiger partial charge < -0.3 is 4.74 Å². The Labute approximate surface area is 125 Å². The second-order valence-corrected chi connectivity index (χ2v) is 4.87. The van der Waals surface area contributed by atoms with E-state index in [2.05, 4.69) is 9.72 Å². The lowest BCUT2D eigenvalue weighted by atomic mass is 10.1. The molecule has 2 aromatic rings. The van der Waals surface area contributed by atoms with Crippen molar-refractivity contribution in [3.8, 4) is 11.3 Å². The summed E-state index contributed by atoms with van der Waals surface area (Å²) < 4.78 is 4.60. The number of hydrogen-bond acceptors (Lipinski definition) is 3. The molecule has 0 unspecified atom stereocenters. The van der Waals surface area contributed by atoms with E-state index in [4.69, 9.17) is 34.8 Å². The van der Waals surface area contributed by atoms with E-state index >= 15 is 0 Å². The molecule has 0 spiro atoms. The molecule has 0 saturated heterocycles. The van der Waals surface area contributed by atoms with Gasteiger partial charge in [0.25, 0.3) is 0 Å². The third-order valence-electron chi connectivity index (χ3n) is 2.46. The summed E-state index contributed by atoms with van der Waals surface area (Å²) in [5.41, 5.74) is 1.72. The van der Waals surface area contributed by atoms with Gasteiger partial charge in [0.2, 0.25) is 0 Å². The fraction of sp³-hybridized carbons (Fsp3) is 0.0769. The molecule has 0 saturated carbocycles. The van der Waals surface area contributed by atoms with E-state index in [1.807, 2.05) is 0 Å². The van der Waals surface area contributed by atoms with Crippen molar-refractivity contribution in [3.05, 3.63) is 51.1 Å². The number of esters is 1. The average molecular weight is 317 g/mol. The predicted octanol–water partition coefficient (Wildman–Crippen LogP) is 4.50.